The summed E-state index contributed by atoms with van der Waals surface area (Å²) in [4.78, 5) is 18.0. The van der Waals surface area contributed by atoms with Crippen molar-refractivity contribution in [3.05, 3.63) is 29.3 Å². The van der Waals surface area contributed by atoms with Crippen molar-refractivity contribution in [2.24, 2.45) is 0 Å². The van der Waals surface area contributed by atoms with Gasteiger partial charge in [0.25, 0.3) is 0 Å². The average Bonchev–Trinajstić information content (AvgIpc) is 3.04. The number of aryl methyl sites for hydroxylation is 1. The third-order valence-corrected chi connectivity index (χ3v) is 4.52. The first kappa shape index (κ1) is 16.8. The highest BCUT2D eigenvalue weighted by Crippen LogP contribution is 2.22. The van der Waals surface area contributed by atoms with Crippen molar-refractivity contribution >= 4 is 5.82 Å². The number of hydrogen-bond acceptors (Lipinski definition) is 7. The van der Waals surface area contributed by atoms with Gasteiger partial charge in [-0.25, -0.2) is 9.97 Å². The Morgan fingerprint density at radius 3 is 2.54 bits per heavy atom. The highest BCUT2D eigenvalue weighted by molar-refractivity contribution is 5.48. The monoisotopic (exact) mass is 330 g/mol. The maximum atomic E-state index is 5.36. The van der Waals surface area contributed by atoms with E-state index in [4.69, 9.17) is 4.52 Å². The van der Waals surface area contributed by atoms with E-state index in [1.54, 1.807) is 6.33 Å². The molecule has 0 unspecified atom stereocenters. The molecule has 2 aromatic rings. The summed E-state index contributed by atoms with van der Waals surface area (Å²) in [5.74, 6) is 2.88. The van der Waals surface area contributed by atoms with Crippen molar-refractivity contribution in [1.82, 2.24) is 25.0 Å². The first-order valence-corrected chi connectivity index (χ1v) is 8.68. The zero-order chi connectivity index (χ0) is 17.1. The van der Waals surface area contributed by atoms with Gasteiger partial charge in [0, 0.05) is 43.4 Å². The van der Waals surface area contributed by atoms with Crippen LogP contribution in [0.3, 0.4) is 0 Å². The molecule has 3 rings (SSSR count). The molecule has 0 N–H and O–H groups in total. The molecule has 0 bridgehead atoms. The summed E-state index contributed by atoms with van der Waals surface area (Å²) in [5.41, 5.74) is 2.33. The van der Waals surface area contributed by atoms with Crippen LogP contribution >= 0.6 is 0 Å². The number of rotatable bonds is 5. The second-order valence-corrected chi connectivity index (χ2v) is 6.58. The molecule has 0 spiro atoms. The number of nitrogens with zero attached hydrogens (tertiary/aromatic N) is 6. The zero-order valence-electron chi connectivity index (χ0n) is 15.0. The molecule has 1 aliphatic heterocycles. The lowest BCUT2D eigenvalue weighted by molar-refractivity contribution is 0.214. The molecule has 1 fully saturated rings. The van der Waals surface area contributed by atoms with Crippen molar-refractivity contribution in [2.75, 3.05) is 31.1 Å². The van der Waals surface area contributed by atoms with Crippen LogP contribution in [-0.2, 0) is 13.0 Å². The van der Waals surface area contributed by atoms with Gasteiger partial charge in [0.15, 0.2) is 5.82 Å². The minimum Gasteiger partial charge on any atom is -0.354 e. The van der Waals surface area contributed by atoms with Crippen LogP contribution in [0.25, 0.3) is 0 Å². The van der Waals surface area contributed by atoms with Crippen LogP contribution in [0.1, 0.15) is 49.7 Å². The Morgan fingerprint density at radius 2 is 1.92 bits per heavy atom. The largest absolute Gasteiger partial charge is 0.354 e. The van der Waals surface area contributed by atoms with Crippen LogP contribution in [-0.4, -0.2) is 51.2 Å². The predicted molar refractivity (Wildman–Crippen MR) is 92.0 cm³/mol. The highest BCUT2D eigenvalue weighted by atomic mass is 16.5. The second-order valence-electron chi connectivity index (χ2n) is 6.58. The molecular weight excluding hydrogens is 304 g/mol. The van der Waals surface area contributed by atoms with Gasteiger partial charge in [0.05, 0.1) is 6.54 Å². The van der Waals surface area contributed by atoms with Gasteiger partial charge < -0.3 is 9.42 Å². The summed E-state index contributed by atoms with van der Waals surface area (Å²) in [6, 6.07) is 0. The Balaban J connectivity index is 1.60. The third-order valence-electron chi connectivity index (χ3n) is 4.52. The van der Waals surface area contributed by atoms with E-state index in [1.807, 2.05) is 0 Å². The van der Waals surface area contributed by atoms with Gasteiger partial charge in [-0.15, -0.1) is 0 Å². The summed E-state index contributed by atoms with van der Waals surface area (Å²) in [5, 5.41) is 4.04. The van der Waals surface area contributed by atoms with Crippen molar-refractivity contribution < 1.29 is 4.52 Å². The first-order valence-electron chi connectivity index (χ1n) is 8.68. The Labute approximate surface area is 143 Å². The minimum atomic E-state index is 0.299. The Morgan fingerprint density at radius 1 is 1.17 bits per heavy atom. The second kappa shape index (κ2) is 7.25. The van der Waals surface area contributed by atoms with E-state index in [9.17, 15) is 0 Å². The zero-order valence-corrected chi connectivity index (χ0v) is 15.0. The predicted octanol–water partition coefficient (Wildman–Crippen LogP) is 2.18. The van der Waals surface area contributed by atoms with Crippen molar-refractivity contribution in [3.63, 3.8) is 0 Å². The molecule has 1 saturated heterocycles. The summed E-state index contributed by atoms with van der Waals surface area (Å²) in [7, 11) is 0. The maximum absolute atomic E-state index is 5.36. The topological polar surface area (TPSA) is 71.2 Å². The van der Waals surface area contributed by atoms with Gasteiger partial charge in [-0.05, 0) is 13.3 Å². The van der Waals surface area contributed by atoms with Crippen LogP contribution in [0.4, 0.5) is 5.82 Å². The highest BCUT2D eigenvalue weighted by Gasteiger charge is 2.22. The lowest BCUT2D eigenvalue weighted by Gasteiger charge is -2.35. The van der Waals surface area contributed by atoms with E-state index in [1.165, 1.54) is 5.56 Å². The van der Waals surface area contributed by atoms with Crippen LogP contribution in [0.15, 0.2) is 10.9 Å². The normalized spacial score (nSPS) is 16.1. The van der Waals surface area contributed by atoms with E-state index >= 15 is 0 Å². The summed E-state index contributed by atoms with van der Waals surface area (Å²) < 4.78 is 5.36. The van der Waals surface area contributed by atoms with E-state index in [0.717, 1.165) is 56.5 Å². The van der Waals surface area contributed by atoms with Crippen LogP contribution in [0.5, 0.6) is 0 Å². The third kappa shape index (κ3) is 3.56. The summed E-state index contributed by atoms with van der Waals surface area (Å²) >= 11 is 0. The fourth-order valence-electron chi connectivity index (χ4n) is 3.05. The van der Waals surface area contributed by atoms with Crippen molar-refractivity contribution in [2.45, 2.75) is 46.6 Å². The molecule has 0 aromatic carbocycles. The molecule has 1 aliphatic rings. The molecule has 2 aromatic heterocycles. The molecule has 7 heteroatoms. The van der Waals surface area contributed by atoms with Crippen molar-refractivity contribution in [3.8, 4) is 0 Å². The SMILES string of the molecule is CCc1c(C)ncnc1N1CCN(Cc2nc(C(C)C)no2)CC1. The first-order chi connectivity index (χ1) is 11.6. The van der Waals surface area contributed by atoms with Gasteiger partial charge in [0.2, 0.25) is 5.89 Å². The smallest absolute Gasteiger partial charge is 0.240 e. The van der Waals surface area contributed by atoms with Gasteiger partial charge >= 0.3 is 0 Å². The molecule has 24 heavy (non-hydrogen) atoms. The van der Waals surface area contributed by atoms with Crippen LogP contribution < -0.4 is 4.90 Å². The standard InChI is InChI=1S/C17H26N6O/c1-5-14-13(4)18-11-19-17(14)23-8-6-22(7-9-23)10-15-20-16(12(2)3)21-24-15/h11-12H,5-10H2,1-4H3. The van der Waals surface area contributed by atoms with Gasteiger partial charge in [-0.1, -0.05) is 25.9 Å². The fourth-order valence-corrected chi connectivity index (χ4v) is 3.05. The number of piperazine rings is 1. The molecule has 3 heterocycles. The van der Waals surface area contributed by atoms with E-state index in [2.05, 4.69) is 57.6 Å². The number of anilines is 1. The Bertz CT molecular complexity index is 675. The average molecular weight is 330 g/mol. The lowest BCUT2D eigenvalue weighted by Crippen LogP contribution is -2.46. The minimum absolute atomic E-state index is 0.299. The molecule has 7 nitrogen and oxygen atoms in total. The molecule has 0 aliphatic carbocycles. The molecule has 0 amide bonds. The quantitative estimate of drug-likeness (QED) is 0.832. The van der Waals surface area contributed by atoms with Gasteiger partial charge in [-0.2, -0.15) is 4.98 Å². The van der Waals surface area contributed by atoms with Crippen LogP contribution in [0.2, 0.25) is 0 Å². The van der Waals surface area contributed by atoms with E-state index in [-0.39, 0.29) is 0 Å². The Hall–Kier alpha value is -2.02. The summed E-state index contributed by atoms with van der Waals surface area (Å²) in [6.07, 6.45) is 2.63. The van der Waals surface area contributed by atoms with E-state index < -0.39 is 0 Å². The molecular formula is C17H26N6O. The summed E-state index contributed by atoms with van der Waals surface area (Å²) in [6.45, 7) is 12.9. The van der Waals surface area contributed by atoms with Gasteiger partial charge in [-0.3, -0.25) is 4.90 Å². The number of hydrogen-bond donors (Lipinski definition) is 0. The molecule has 130 valence electrons. The molecule has 0 atom stereocenters. The van der Waals surface area contributed by atoms with Crippen molar-refractivity contribution in [1.29, 1.82) is 0 Å². The van der Waals surface area contributed by atoms with Gasteiger partial charge in [0.1, 0.15) is 12.1 Å². The van der Waals surface area contributed by atoms with E-state index in [0.29, 0.717) is 11.8 Å². The number of aromatic nitrogens is 4. The molecule has 0 saturated carbocycles. The maximum Gasteiger partial charge on any atom is 0.240 e. The fraction of sp³-hybridized carbons (Fsp3) is 0.647. The Kier molecular flexibility index (Phi) is 5.08. The van der Waals surface area contributed by atoms with Crippen LogP contribution in [0, 0.1) is 6.92 Å². The molecule has 0 radical (unpaired) electrons. The lowest BCUT2D eigenvalue weighted by atomic mass is 10.1.